The number of aryl methyl sites for hydroxylation is 1. The van der Waals surface area contributed by atoms with Crippen LogP contribution in [-0.4, -0.2) is 39.9 Å². The van der Waals surface area contributed by atoms with Crippen LogP contribution in [-0.2, 0) is 7.05 Å². The number of aromatic nitrogens is 2. The summed E-state index contributed by atoms with van der Waals surface area (Å²) in [6.45, 7) is 0.387. The second-order valence-electron chi connectivity index (χ2n) is 4.69. The van der Waals surface area contributed by atoms with Crippen molar-refractivity contribution in [3.63, 3.8) is 0 Å². The standard InChI is InChI=1S/C15H18N4O3/c1-19-13(17-14(21)11-6-3-2-4-7-11)10-12(18-19)15(22)16-8-5-9-20/h2-4,6-7,10,20H,5,8-9H2,1H3,(H,16,22)(H,17,21). The normalized spacial score (nSPS) is 10.3. The zero-order valence-corrected chi connectivity index (χ0v) is 12.2. The Kier molecular flexibility index (Phi) is 5.26. The van der Waals surface area contributed by atoms with Gasteiger partial charge in [-0.2, -0.15) is 5.10 Å². The predicted molar refractivity (Wildman–Crippen MR) is 81.6 cm³/mol. The number of amides is 2. The first-order valence-corrected chi connectivity index (χ1v) is 6.91. The monoisotopic (exact) mass is 302 g/mol. The molecule has 0 aliphatic rings. The summed E-state index contributed by atoms with van der Waals surface area (Å²) in [5, 5.41) is 18.1. The highest BCUT2D eigenvalue weighted by molar-refractivity contribution is 6.04. The lowest BCUT2D eigenvalue weighted by atomic mass is 10.2. The van der Waals surface area contributed by atoms with Gasteiger partial charge in [0.05, 0.1) is 0 Å². The maximum absolute atomic E-state index is 12.1. The Labute approximate surface area is 128 Å². The average Bonchev–Trinajstić information content (AvgIpc) is 2.89. The first-order valence-electron chi connectivity index (χ1n) is 6.91. The van der Waals surface area contributed by atoms with E-state index in [4.69, 9.17) is 5.11 Å². The molecule has 0 saturated carbocycles. The molecular weight excluding hydrogens is 284 g/mol. The van der Waals surface area contributed by atoms with Crippen LogP contribution < -0.4 is 10.6 Å². The largest absolute Gasteiger partial charge is 0.396 e. The molecule has 0 aliphatic heterocycles. The van der Waals surface area contributed by atoms with Gasteiger partial charge in [0.1, 0.15) is 5.82 Å². The number of carbonyl (C=O) groups excluding carboxylic acids is 2. The lowest BCUT2D eigenvalue weighted by Crippen LogP contribution is -2.25. The Balaban J connectivity index is 2.04. The molecule has 1 aromatic carbocycles. The highest BCUT2D eigenvalue weighted by Crippen LogP contribution is 2.11. The number of aliphatic hydroxyl groups is 1. The van der Waals surface area contributed by atoms with Crippen LogP contribution >= 0.6 is 0 Å². The van der Waals surface area contributed by atoms with Gasteiger partial charge in [-0.3, -0.25) is 14.3 Å². The van der Waals surface area contributed by atoms with E-state index >= 15 is 0 Å². The molecule has 7 heteroatoms. The van der Waals surface area contributed by atoms with Gasteiger partial charge in [-0.05, 0) is 18.6 Å². The number of hydrogen-bond donors (Lipinski definition) is 3. The lowest BCUT2D eigenvalue weighted by molar-refractivity contribution is 0.0944. The molecule has 0 spiro atoms. The van der Waals surface area contributed by atoms with Gasteiger partial charge in [0.15, 0.2) is 5.69 Å². The number of nitrogens with one attached hydrogen (secondary N) is 2. The summed E-state index contributed by atoms with van der Waals surface area (Å²) in [6.07, 6.45) is 0.482. The van der Waals surface area contributed by atoms with Crippen LogP contribution in [0.1, 0.15) is 27.3 Å². The van der Waals surface area contributed by atoms with Gasteiger partial charge in [-0.25, -0.2) is 0 Å². The quantitative estimate of drug-likeness (QED) is 0.687. The summed E-state index contributed by atoms with van der Waals surface area (Å²) < 4.78 is 1.43. The van der Waals surface area contributed by atoms with Gasteiger partial charge in [-0.1, -0.05) is 18.2 Å². The number of benzene rings is 1. The minimum atomic E-state index is -0.343. The van der Waals surface area contributed by atoms with Gasteiger partial charge in [0, 0.05) is 31.8 Å². The van der Waals surface area contributed by atoms with Crippen LogP contribution in [0.2, 0.25) is 0 Å². The Morgan fingerprint density at radius 1 is 1.23 bits per heavy atom. The van der Waals surface area contributed by atoms with Crippen LogP contribution in [0.4, 0.5) is 5.82 Å². The zero-order valence-electron chi connectivity index (χ0n) is 12.2. The van der Waals surface area contributed by atoms with Crippen molar-refractivity contribution in [1.29, 1.82) is 0 Å². The second kappa shape index (κ2) is 7.37. The van der Waals surface area contributed by atoms with Gasteiger partial charge in [0.2, 0.25) is 0 Å². The minimum absolute atomic E-state index is 0.0148. The van der Waals surface area contributed by atoms with E-state index < -0.39 is 0 Å². The van der Waals surface area contributed by atoms with Crippen LogP contribution in [0.25, 0.3) is 0 Å². The Bertz CT molecular complexity index is 652. The first kappa shape index (κ1) is 15.7. The van der Waals surface area contributed by atoms with E-state index in [1.165, 1.54) is 10.7 Å². The Morgan fingerprint density at radius 2 is 1.95 bits per heavy atom. The third-order valence-corrected chi connectivity index (χ3v) is 3.01. The molecule has 2 aromatic rings. The topological polar surface area (TPSA) is 96.2 Å². The van der Waals surface area contributed by atoms with Gasteiger partial charge >= 0.3 is 0 Å². The predicted octanol–water partition coefficient (Wildman–Crippen LogP) is 0.785. The molecule has 0 aliphatic carbocycles. The number of hydrogen-bond acceptors (Lipinski definition) is 4. The molecule has 116 valence electrons. The maximum Gasteiger partial charge on any atom is 0.271 e. The summed E-state index contributed by atoms with van der Waals surface area (Å²) in [5.41, 5.74) is 0.737. The van der Waals surface area contributed by atoms with Crippen LogP contribution in [0, 0.1) is 0 Å². The molecular formula is C15H18N4O3. The fourth-order valence-corrected chi connectivity index (χ4v) is 1.84. The van der Waals surface area contributed by atoms with E-state index in [0.29, 0.717) is 24.3 Å². The van der Waals surface area contributed by atoms with Gasteiger partial charge in [0.25, 0.3) is 11.8 Å². The van der Waals surface area contributed by atoms with Crippen molar-refractivity contribution in [2.75, 3.05) is 18.5 Å². The molecule has 3 N–H and O–H groups in total. The number of anilines is 1. The van der Waals surface area contributed by atoms with Crippen molar-refractivity contribution >= 4 is 17.6 Å². The van der Waals surface area contributed by atoms with Crippen molar-refractivity contribution in [3.05, 3.63) is 47.7 Å². The number of aliphatic hydroxyl groups excluding tert-OH is 1. The summed E-state index contributed by atoms with van der Waals surface area (Å²) in [5.74, 6) is -0.179. The summed E-state index contributed by atoms with van der Waals surface area (Å²) in [4.78, 5) is 23.9. The van der Waals surface area contributed by atoms with Crippen LogP contribution in [0.3, 0.4) is 0 Å². The fraction of sp³-hybridized carbons (Fsp3) is 0.267. The Morgan fingerprint density at radius 3 is 2.64 bits per heavy atom. The van der Waals surface area contributed by atoms with Crippen molar-refractivity contribution < 1.29 is 14.7 Å². The van der Waals surface area contributed by atoms with E-state index in [1.807, 2.05) is 6.07 Å². The first-order chi connectivity index (χ1) is 10.6. The number of nitrogens with zero attached hydrogens (tertiary/aromatic N) is 2. The molecule has 0 radical (unpaired) electrons. The maximum atomic E-state index is 12.1. The third kappa shape index (κ3) is 3.92. The van der Waals surface area contributed by atoms with Crippen molar-refractivity contribution in [1.82, 2.24) is 15.1 Å². The molecule has 2 rings (SSSR count). The number of carbonyl (C=O) groups is 2. The van der Waals surface area contributed by atoms with E-state index in [0.717, 1.165) is 0 Å². The molecule has 0 saturated heterocycles. The summed E-state index contributed by atoms with van der Waals surface area (Å²) in [6, 6.07) is 10.3. The summed E-state index contributed by atoms with van der Waals surface area (Å²) >= 11 is 0. The lowest BCUT2D eigenvalue weighted by Gasteiger charge is -2.04. The molecule has 1 aromatic heterocycles. The molecule has 7 nitrogen and oxygen atoms in total. The summed E-state index contributed by atoms with van der Waals surface area (Å²) in [7, 11) is 1.64. The molecule has 1 heterocycles. The van der Waals surface area contributed by atoms with E-state index in [-0.39, 0.29) is 24.1 Å². The van der Waals surface area contributed by atoms with E-state index in [1.54, 1.807) is 31.3 Å². The fourth-order valence-electron chi connectivity index (χ4n) is 1.84. The van der Waals surface area contributed by atoms with Gasteiger partial charge in [-0.15, -0.1) is 0 Å². The molecule has 0 unspecified atom stereocenters. The molecule has 0 bridgehead atoms. The van der Waals surface area contributed by atoms with Crippen LogP contribution in [0.15, 0.2) is 36.4 Å². The van der Waals surface area contributed by atoms with Crippen LogP contribution in [0.5, 0.6) is 0 Å². The smallest absolute Gasteiger partial charge is 0.271 e. The zero-order chi connectivity index (χ0) is 15.9. The van der Waals surface area contributed by atoms with E-state index in [9.17, 15) is 9.59 Å². The average molecular weight is 302 g/mol. The third-order valence-electron chi connectivity index (χ3n) is 3.01. The van der Waals surface area contributed by atoms with Gasteiger partial charge < -0.3 is 15.7 Å². The molecule has 0 atom stereocenters. The SMILES string of the molecule is Cn1nc(C(=O)NCCCO)cc1NC(=O)c1ccccc1. The highest BCUT2D eigenvalue weighted by Gasteiger charge is 2.14. The molecule has 22 heavy (non-hydrogen) atoms. The number of rotatable bonds is 6. The highest BCUT2D eigenvalue weighted by atomic mass is 16.3. The van der Waals surface area contributed by atoms with Crippen molar-refractivity contribution in [3.8, 4) is 0 Å². The van der Waals surface area contributed by atoms with E-state index in [2.05, 4.69) is 15.7 Å². The van der Waals surface area contributed by atoms with Crippen molar-refractivity contribution in [2.45, 2.75) is 6.42 Å². The second-order valence-corrected chi connectivity index (χ2v) is 4.69. The Hall–Kier alpha value is -2.67. The molecule has 0 fully saturated rings. The van der Waals surface area contributed by atoms with Crippen molar-refractivity contribution in [2.24, 2.45) is 7.05 Å². The minimum Gasteiger partial charge on any atom is -0.396 e. The molecule has 2 amide bonds.